The number of nitrogens with one attached hydrogen (secondary N) is 2. The second-order valence-corrected chi connectivity index (χ2v) is 6.25. The number of benzene rings is 1. The topological polar surface area (TPSA) is 67.4 Å². The number of amides is 2. The lowest BCUT2D eigenvalue weighted by Gasteiger charge is -2.28. The molecule has 6 heteroatoms. The lowest BCUT2D eigenvalue weighted by molar-refractivity contribution is -0.139. The monoisotopic (exact) mass is 350 g/mol. The SMILES string of the molecule is CCCCCCOC(=O)C1=C(C)NC(=O)N[C@H]1c1ccc(Cl)cc1. The number of hydrogen-bond donors (Lipinski definition) is 2. The molecule has 130 valence electrons. The van der Waals surface area contributed by atoms with E-state index in [2.05, 4.69) is 17.6 Å². The third kappa shape index (κ3) is 4.74. The highest BCUT2D eigenvalue weighted by atomic mass is 35.5. The van der Waals surface area contributed by atoms with Crippen molar-refractivity contribution in [2.24, 2.45) is 0 Å². The molecule has 2 rings (SSSR count). The molecule has 0 bridgehead atoms. The van der Waals surface area contributed by atoms with Gasteiger partial charge < -0.3 is 15.4 Å². The summed E-state index contributed by atoms with van der Waals surface area (Å²) in [6.45, 7) is 4.22. The number of carbonyl (C=O) groups is 2. The molecule has 0 unspecified atom stereocenters. The van der Waals surface area contributed by atoms with Gasteiger partial charge in [0.25, 0.3) is 0 Å². The molecule has 0 saturated carbocycles. The minimum Gasteiger partial charge on any atom is -0.462 e. The van der Waals surface area contributed by atoms with Gasteiger partial charge in [-0.25, -0.2) is 9.59 Å². The fourth-order valence-corrected chi connectivity index (χ4v) is 2.77. The van der Waals surface area contributed by atoms with Crippen molar-refractivity contribution in [2.75, 3.05) is 6.61 Å². The normalized spacial score (nSPS) is 17.3. The number of rotatable bonds is 7. The van der Waals surface area contributed by atoms with Crippen LogP contribution in [0.2, 0.25) is 5.02 Å². The molecule has 1 aromatic rings. The summed E-state index contributed by atoms with van der Waals surface area (Å²) in [5.41, 5.74) is 1.72. The van der Waals surface area contributed by atoms with Gasteiger partial charge in [0.2, 0.25) is 0 Å². The minimum absolute atomic E-state index is 0.341. The number of esters is 1. The molecule has 2 N–H and O–H groups in total. The van der Waals surface area contributed by atoms with Gasteiger partial charge in [-0.3, -0.25) is 0 Å². The van der Waals surface area contributed by atoms with Gasteiger partial charge in [-0.1, -0.05) is 49.9 Å². The molecule has 1 aliphatic rings. The summed E-state index contributed by atoms with van der Waals surface area (Å²) in [6.07, 6.45) is 4.14. The first kappa shape index (κ1) is 18.3. The summed E-state index contributed by atoms with van der Waals surface area (Å²) in [5.74, 6) is -0.406. The zero-order chi connectivity index (χ0) is 17.5. The molecule has 0 fully saturated rings. The zero-order valence-electron chi connectivity index (χ0n) is 14.0. The van der Waals surface area contributed by atoms with Crippen LogP contribution < -0.4 is 10.6 Å². The van der Waals surface area contributed by atoms with E-state index in [1.165, 1.54) is 0 Å². The summed E-state index contributed by atoms with van der Waals surface area (Å²) in [4.78, 5) is 24.3. The van der Waals surface area contributed by atoms with Crippen LogP contribution in [0, 0.1) is 0 Å². The Balaban J connectivity index is 2.13. The molecule has 1 atom stereocenters. The molecule has 1 aliphatic heterocycles. The van der Waals surface area contributed by atoms with Crippen molar-refractivity contribution >= 4 is 23.6 Å². The molecule has 5 nitrogen and oxygen atoms in total. The standard InChI is InChI=1S/C18H23ClN2O3/c1-3-4-5-6-11-24-17(22)15-12(2)20-18(23)21-16(15)13-7-9-14(19)10-8-13/h7-10,16H,3-6,11H2,1-2H3,(H2,20,21,23)/t16-/m0/s1. The molecule has 0 spiro atoms. The molecule has 2 amide bonds. The second-order valence-electron chi connectivity index (χ2n) is 5.82. The van der Waals surface area contributed by atoms with Crippen LogP contribution in [-0.2, 0) is 9.53 Å². The third-order valence-electron chi connectivity index (χ3n) is 3.92. The highest BCUT2D eigenvalue weighted by Gasteiger charge is 2.32. The Hall–Kier alpha value is -2.01. The number of unbranched alkanes of at least 4 members (excludes halogenated alkanes) is 3. The Morgan fingerprint density at radius 2 is 1.92 bits per heavy atom. The molecule has 0 radical (unpaired) electrons. The Labute approximate surface area is 147 Å². The zero-order valence-corrected chi connectivity index (χ0v) is 14.8. The lowest BCUT2D eigenvalue weighted by atomic mass is 9.95. The average Bonchev–Trinajstić information content (AvgIpc) is 2.54. The molecular weight excluding hydrogens is 328 g/mol. The Morgan fingerprint density at radius 3 is 2.58 bits per heavy atom. The van der Waals surface area contributed by atoms with E-state index >= 15 is 0 Å². The summed E-state index contributed by atoms with van der Waals surface area (Å²) >= 11 is 5.91. The average molecular weight is 351 g/mol. The van der Waals surface area contributed by atoms with E-state index < -0.39 is 12.0 Å². The van der Waals surface area contributed by atoms with Gasteiger partial charge in [-0.05, 0) is 31.0 Å². The number of hydrogen-bond acceptors (Lipinski definition) is 3. The highest BCUT2D eigenvalue weighted by Crippen LogP contribution is 2.28. The molecule has 0 aromatic heterocycles. The maximum atomic E-state index is 12.5. The Morgan fingerprint density at radius 1 is 1.21 bits per heavy atom. The van der Waals surface area contributed by atoms with Gasteiger partial charge in [-0.15, -0.1) is 0 Å². The number of urea groups is 1. The van der Waals surface area contributed by atoms with E-state index in [4.69, 9.17) is 16.3 Å². The number of allylic oxidation sites excluding steroid dienone is 1. The van der Waals surface area contributed by atoms with E-state index in [1.54, 1.807) is 31.2 Å². The fraction of sp³-hybridized carbons (Fsp3) is 0.444. The van der Waals surface area contributed by atoms with Crippen LogP contribution in [0.15, 0.2) is 35.5 Å². The summed E-state index contributed by atoms with van der Waals surface area (Å²) in [6, 6.07) is 6.16. The van der Waals surface area contributed by atoms with Crippen molar-refractivity contribution in [1.82, 2.24) is 10.6 Å². The largest absolute Gasteiger partial charge is 0.462 e. The molecule has 1 heterocycles. The van der Waals surface area contributed by atoms with Gasteiger partial charge in [-0.2, -0.15) is 0 Å². The summed E-state index contributed by atoms with van der Waals surface area (Å²) < 4.78 is 5.40. The maximum Gasteiger partial charge on any atom is 0.338 e. The summed E-state index contributed by atoms with van der Waals surface area (Å²) in [5, 5.41) is 6.00. The first-order chi connectivity index (χ1) is 11.5. The van der Waals surface area contributed by atoms with Gasteiger partial charge >= 0.3 is 12.0 Å². The Bertz CT molecular complexity index is 626. The minimum atomic E-state index is -0.542. The van der Waals surface area contributed by atoms with Crippen LogP contribution in [0.4, 0.5) is 4.79 Å². The van der Waals surface area contributed by atoms with Crippen LogP contribution in [0.25, 0.3) is 0 Å². The lowest BCUT2D eigenvalue weighted by Crippen LogP contribution is -2.45. The molecule has 24 heavy (non-hydrogen) atoms. The van der Waals surface area contributed by atoms with E-state index in [1.807, 2.05) is 0 Å². The van der Waals surface area contributed by atoms with E-state index in [0.29, 0.717) is 22.9 Å². The van der Waals surface area contributed by atoms with Crippen molar-refractivity contribution in [3.05, 3.63) is 46.1 Å². The predicted molar refractivity (Wildman–Crippen MR) is 93.7 cm³/mol. The first-order valence-electron chi connectivity index (χ1n) is 8.23. The van der Waals surface area contributed by atoms with Crippen molar-refractivity contribution in [2.45, 2.75) is 45.6 Å². The maximum absolute atomic E-state index is 12.5. The van der Waals surface area contributed by atoms with E-state index in [-0.39, 0.29) is 6.03 Å². The van der Waals surface area contributed by atoms with Crippen LogP contribution in [0.1, 0.15) is 51.1 Å². The molecular formula is C18H23ClN2O3. The smallest absolute Gasteiger partial charge is 0.338 e. The molecule has 0 saturated heterocycles. The van der Waals surface area contributed by atoms with Crippen molar-refractivity contribution < 1.29 is 14.3 Å². The van der Waals surface area contributed by atoms with Crippen molar-refractivity contribution in [3.63, 3.8) is 0 Å². The van der Waals surface area contributed by atoms with E-state index in [9.17, 15) is 9.59 Å². The van der Waals surface area contributed by atoms with Gasteiger partial charge in [0, 0.05) is 10.7 Å². The quantitative estimate of drug-likeness (QED) is 0.575. The van der Waals surface area contributed by atoms with Gasteiger partial charge in [0.15, 0.2) is 0 Å². The second kappa shape index (κ2) is 8.73. The number of halogens is 1. The molecule has 1 aromatic carbocycles. The van der Waals surface area contributed by atoms with Crippen LogP contribution >= 0.6 is 11.6 Å². The van der Waals surface area contributed by atoms with Gasteiger partial charge in [0.05, 0.1) is 18.2 Å². The van der Waals surface area contributed by atoms with Gasteiger partial charge in [0.1, 0.15) is 0 Å². The van der Waals surface area contributed by atoms with Crippen molar-refractivity contribution in [1.29, 1.82) is 0 Å². The summed E-state index contributed by atoms with van der Waals surface area (Å²) in [7, 11) is 0. The number of ether oxygens (including phenoxy) is 1. The fourth-order valence-electron chi connectivity index (χ4n) is 2.64. The predicted octanol–water partition coefficient (Wildman–Crippen LogP) is 4.09. The highest BCUT2D eigenvalue weighted by molar-refractivity contribution is 6.30. The first-order valence-corrected chi connectivity index (χ1v) is 8.61. The molecule has 0 aliphatic carbocycles. The van der Waals surface area contributed by atoms with E-state index in [0.717, 1.165) is 31.2 Å². The number of carbonyl (C=O) groups excluding carboxylic acids is 2. The van der Waals surface area contributed by atoms with Crippen LogP contribution in [-0.4, -0.2) is 18.6 Å². The Kier molecular flexibility index (Phi) is 6.67. The van der Waals surface area contributed by atoms with Crippen LogP contribution in [0.5, 0.6) is 0 Å². The third-order valence-corrected chi connectivity index (χ3v) is 4.18. The van der Waals surface area contributed by atoms with Crippen molar-refractivity contribution in [3.8, 4) is 0 Å². The van der Waals surface area contributed by atoms with Crippen LogP contribution in [0.3, 0.4) is 0 Å².